The van der Waals surface area contributed by atoms with E-state index in [0.29, 0.717) is 11.4 Å². The lowest BCUT2D eigenvalue weighted by molar-refractivity contribution is 0.0600. The summed E-state index contributed by atoms with van der Waals surface area (Å²) in [6, 6.07) is 7.62. The predicted molar refractivity (Wildman–Crippen MR) is 66.5 cm³/mol. The first-order valence-corrected chi connectivity index (χ1v) is 5.66. The molecule has 0 atom stereocenters. The lowest BCUT2D eigenvalue weighted by Gasteiger charge is -2.01. The maximum atomic E-state index is 11.2. The molecule has 17 heavy (non-hydrogen) atoms. The SMILES string of the molecule is COC(=O)c1cnc(-c2ccc(Br)cc2)nc1. The van der Waals surface area contributed by atoms with Gasteiger partial charge < -0.3 is 4.74 Å². The van der Waals surface area contributed by atoms with Crippen molar-refractivity contribution in [2.75, 3.05) is 7.11 Å². The largest absolute Gasteiger partial charge is 0.465 e. The van der Waals surface area contributed by atoms with Gasteiger partial charge >= 0.3 is 5.97 Å². The van der Waals surface area contributed by atoms with Gasteiger partial charge in [-0.25, -0.2) is 14.8 Å². The van der Waals surface area contributed by atoms with Gasteiger partial charge in [-0.3, -0.25) is 0 Å². The molecular weight excluding hydrogens is 284 g/mol. The first kappa shape index (κ1) is 11.7. The standard InChI is InChI=1S/C12H9BrN2O2/c1-17-12(16)9-6-14-11(15-7-9)8-2-4-10(13)5-3-8/h2-7H,1H3. The van der Waals surface area contributed by atoms with Crippen molar-refractivity contribution in [1.82, 2.24) is 9.97 Å². The molecule has 1 heterocycles. The lowest BCUT2D eigenvalue weighted by atomic mass is 10.2. The van der Waals surface area contributed by atoms with Crippen LogP contribution in [-0.4, -0.2) is 23.0 Å². The van der Waals surface area contributed by atoms with E-state index < -0.39 is 5.97 Å². The summed E-state index contributed by atoms with van der Waals surface area (Å²) in [6.45, 7) is 0. The van der Waals surface area contributed by atoms with Gasteiger partial charge in [-0.15, -0.1) is 0 Å². The van der Waals surface area contributed by atoms with Crippen LogP contribution in [-0.2, 0) is 4.74 Å². The van der Waals surface area contributed by atoms with Crippen molar-refractivity contribution in [3.05, 3.63) is 46.7 Å². The normalized spacial score (nSPS) is 10.0. The second-order valence-corrected chi connectivity index (χ2v) is 4.21. The third kappa shape index (κ3) is 2.68. The van der Waals surface area contributed by atoms with E-state index in [1.807, 2.05) is 24.3 Å². The molecule has 2 aromatic rings. The van der Waals surface area contributed by atoms with Gasteiger partial charge in [0.1, 0.15) is 0 Å². The van der Waals surface area contributed by atoms with Gasteiger partial charge in [0.2, 0.25) is 0 Å². The number of methoxy groups -OCH3 is 1. The zero-order valence-electron chi connectivity index (χ0n) is 9.05. The fraction of sp³-hybridized carbons (Fsp3) is 0.0833. The molecule has 0 bridgehead atoms. The predicted octanol–water partition coefficient (Wildman–Crippen LogP) is 2.69. The first-order chi connectivity index (χ1) is 8.20. The van der Waals surface area contributed by atoms with E-state index in [-0.39, 0.29) is 0 Å². The first-order valence-electron chi connectivity index (χ1n) is 4.87. The van der Waals surface area contributed by atoms with Crippen LogP contribution in [0.5, 0.6) is 0 Å². The maximum absolute atomic E-state index is 11.2. The Bertz CT molecular complexity index is 523. The van der Waals surface area contributed by atoms with Crippen molar-refractivity contribution in [2.45, 2.75) is 0 Å². The summed E-state index contributed by atoms with van der Waals surface area (Å²) in [5.41, 5.74) is 1.23. The van der Waals surface area contributed by atoms with E-state index in [4.69, 9.17) is 0 Å². The number of hydrogen-bond donors (Lipinski definition) is 0. The van der Waals surface area contributed by atoms with Crippen LogP contribution in [0.4, 0.5) is 0 Å². The molecular formula is C12H9BrN2O2. The van der Waals surface area contributed by atoms with Crippen molar-refractivity contribution < 1.29 is 9.53 Å². The summed E-state index contributed by atoms with van der Waals surface area (Å²) in [7, 11) is 1.32. The fourth-order valence-corrected chi connectivity index (χ4v) is 1.56. The highest BCUT2D eigenvalue weighted by Crippen LogP contribution is 2.18. The van der Waals surface area contributed by atoms with Crippen molar-refractivity contribution in [2.24, 2.45) is 0 Å². The van der Waals surface area contributed by atoms with Gasteiger partial charge in [-0.1, -0.05) is 28.1 Å². The monoisotopic (exact) mass is 292 g/mol. The van der Waals surface area contributed by atoms with Crippen LogP contribution in [0.1, 0.15) is 10.4 Å². The fourth-order valence-electron chi connectivity index (χ4n) is 1.30. The molecule has 0 N–H and O–H groups in total. The van der Waals surface area contributed by atoms with Crippen molar-refractivity contribution in [1.29, 1.82) is 0 Å². The van der Waals surface area contributed by atoms with E-state index in [0.717, 1.165) is 10.0 Å². The molecule has 5 heteroatoms. The quantitative estimate of drug-likeness (QED) is 0.799. The van der Waals surface area contributed by atoms with Crippen LogP contribution < -0.4 is 0 Å². The molecule has 0 aliphatic carbocycles. The van der Waals surface area contributed by atoms with Gasteiger partial charge in [0.15, 0.2) is 5.82 Å². The Morgan fingerprint density at radius 1 is 1.18 bits per heavy atom. The molecule has 0 aliphatic heterocycles. The summed E-state index contributed by atoms with van der Waals surface area (Å²) < 4.78 is 5.57. The van der Waals surface area contributed by atoms with Gasteiger partial charge in [0.05, 0.1) is 12.7 Å². The highest BCUT2D eigenvalue weighted by atomic mass is 79.9. The summed E-state index contributed by atoms with van der Waals surface area (Å²) in [5.74, 6) is 0.137. The number of benzene rings is 1. The Hall–Kier alpha value is -1.75. The minimum atomic E-state index is -0.438. The van der Waals surface area contributed by atoms with E-state index in [2.05, 4.69) is 30.6 Å². The van der Waals surface area contributed by atoms with Gasteiger partial charge in [-0.2, -0.15) is 0 Å². The summed E-state index contributed by atoms with van der Waals surface area (Å²) in [6.07, 6.45) is 2.91. The maximum Gasteiger partial charge on any atom is 0.341 e. The average Bonchev–Trinajstić information content (AvgIpc) is 2.39. The number of halogens is 1. The number of hydrogen-bond acceptors (Lipinski definition) is 4. The highest BCUT2D eigenvalue weighted by Gasteiger charge is 2.07. The smallest absolute Gasteiger partial charge is 0.341 e. The number of rotatable bonds is 2. The number of carbonyl (C=O) groups is 1. The zero-order chi connectivity index (χ0) is 12.3. The number of nitrogens with zero attached hydrogens (tertiary/aromatic N) is 2. The van der Waals surface area contributed by atoms with Crippen molar-refractivity contribution in [3.8, 4) is 11.4 Å². The van der Waals surface area contributed by atoms with Gasteiger partial charge in [-0.05, 0) is 12.1 Å². The van der Waals surface area contributed by atoms with Gasteiger partial charge in [0.25, 0.3) is 0 Å². The third-order valence-electron chi connectivity index (χ3n) is 2.18. The Labute approximate surface area is 107 Å². The summed E-state index contributed by atoms with van der Waals surface area (Å²) in [4.78, 5) is 19.4. The minimum Gasteiger partial charge on any atom is -0.465 e. The van der Waals surface area contributed by atoms with Crippen LogP contribution in [0.25, 0.3) is 11.4 Å². The molecule has 0 unspecified atom stereocenters. The molecule has 2 rings (SSSR count). The number of aromatic nitrogens is 2. The minimum absolute atomic E-state index is 0.341. The number of esters is 1. The van der Waals surface area contributed by atoms with E-state index in [1.165, 1.54) is 19.5 Å². The Kier molecular flexibility index (Phi) is 3.49. The molecule has 1 aromatic carbocycles. The van der Waals surface area contributed by atoms with Gasteiger partial charge in [0, 0.05) is 22.4 Å². The molecule has 0 radical (unpaired) electrons. The van der Waals surface area contributed by atoms with Crippen molar-refractivity contribution >= 4 is 21.9 Å². The van der Waals surface area contributed by atoms with Crippen LogP contribution >= 0.6 is 15.9 Å². The second kappa shape index (κ2) is 5.05. The molecule has 4 nitrogen and oxygen atoms in total. The second-order valence-electron chi connectivity index (χ2n) is 3.29. The molecule has 0 spiro atoms. The van der Waals surface area contributed by atoms with Crippen LogP contribution in [0.15, 0.2) is 41.1 Å². The number of ether oxygens (including phenoxy) is 1. The molecule has 0 saturated heterocycles. The Morgan fingerprint density at radius 3 is 2.29 bits per heavy atom. The summed E-state index contributed by atoms with van der Waals surface area (Å²) in [5, 5.41) is 0. The van der Waals surface area contributed by atoms with E-state index in [1.54, 1.807) is 0 Å². The Balaban J connectivity index is 2.29. The van der Waals surface area contributed by atoms with E-state index >= 15 is 0 Å². The topological polar surface area (TPSA) is 52.1 Å². The number of carbonyl (C=O) groups excluding carboxylic acids is 1. The lowest BCUT2D eigenvalue weighted by Crippen LogP contribution is -2.03. The summed E-state index contributed by atoms with van der Waals surface area (Å²) >= 11 is 3.36. The molecule has 1 aromatic heterocycles. The van der Waals surface area contributed by atoms with Crippen molar-refractivity contribution in [3.63, 3.8) is 0 Å². The van der Waals surface area contributed by atoms with E-state index in [9.17, 15) is 4.79 Å². The molecule has 0 fully saturated rings. The van der Waals surface area contributed by atoms with Crippen LogP contribution in [0.2, 0.25) is 0 Å². The molecule has 0 aliphatic rings. The highest BCUT2D eigenvalue weighted by molar-refractivity contribution is 9.10. The molecule has 86 valence electrons. The van der Waals surface area contributed by atoms with Crippen LogP contribution in [0, 0.1) is 0 Å². The molecule has 0 amide bonds. The third-order valence-corrected chi connectivity index (χ3v) is 2.70. The zero-order valence-corrected chi connectivity index (χ0v) is 10.6. The van der Waals surface area contributed by atoms with Crippen LogP contribution in [0.3, 0.4) is 0 Å². The Morgan fingerprint density at radius 2 is 1.76 bits per heavy atom. The molecule has 0 saturated carbocycles. The average molecular weight is 293 g/mol.